The summed E-state index contributed by atoms with van der Waals surface area (Å²) in [5, 5.41) is 0. The normalized spacial score (nSPS) is 12.8. The molecule has 0 aliphatic carbocycles. The van der Waals surface area contributed by atoms with Crippen LogP contribution < -0.4 is 0 Å². The van der Waals surface area contributed by atoms with E-state index in [9.17, 15) is 79.0 Å². The van der Waals surface area contributed by atoms with E-state index in [2.05, 4.69) is 139 Å². The van der Waals surface area contributed by atoms with Crippen LogP contribution >= 0.6 is 0 Å². The van der Waals surface area contributed by atoms with E-state index in [0.717, 1.165) is 50.2 Å². The van der Waals surface area contributed by atoms with E-state index in [1.165, 1.54) is 107 Å². The zero-order valence-corrected chi connectivity index (χ0v) is 52.5. The molecule has 0 spiro atoms. The minimum absolute atomic E-state index is 0.0708. The van der Waals surface area contributed by atoms with E-state index in [1.54, 1.807) is 13.8 Å². The molecule has 0 aliphatic heterocycles. The van der Waals surface area contributed by atoms with Gasteiger partial charge in [0.15, 0.2) is 0 Å². The molecule has 0 bridgehead atoms. The summed E-state index contributed by atoms with van der Waals surface area (Å²) in [6.07, 6.45) is -3.28. The first-order valence-electron chi connectivity index (χ1n) is 29.4. The van der Waals surface area contributed by atoms with E-state index in [-0.39, 0.29) is 40.8 Å². The Morgan fingerprint density at radius 2 is 0.489 bits per heavy atom. The number of unbranched alkanes of at least 4 members (excludes halogenated alkanes) is 3. The van der Waals surface area contributed by atoms with Gasteiger partial charge < -0.3 is 0 Å². The monoisotopic (exact) mass is 1300 g/mol. The molecule has 18 heteroatoms. The van der Waals surface area contributed by atoms with Gasteiger partial charge in [-0.1, -0.05) is 253 Å². The number of rotatable bonds is 18. The van der Waals surface area contributed by atoms with Crippen molar-refractivity contribution >= 4 is 0 Å². The van der Waals surface area contributed by atoms with Gasteiger partial charge in [-0.05, 0) is 127 Å². The summed E-state index contributed by atoms with van der Waals surface area (Å²) in [4.78, 5) is 0. The third-order valence-electron chi connectivity index (χ3n) is 15.9. The first-order valence-corrected chi connectivity index (χ1v) is 29.4. The summed E-state index contributed by atoms with van der Waals surface area (Å²) in [5.74, 6) is -41.8. The molecular formula is C74H74F18. The van der Waals surface area contributed by atoms with E-state index in [4.69, 9.17) is 0 Å². The molecule has 0 nitrogen and oxygen atoms in total. The van der Waals surface area contributed by atoms with Crippen LogP contribution in [-0.2, 0) is 35.5 Å². The minimum atomic E-state index is -7.61. The Bertz CT molecular complexity index is 3380. The predicted octanol–water partition coefficient (Wildman–Crippen LogP) is 23.7. The Hall–Kier alpha value is -7.50. The van der Waals surface area contributed by atoms with E-state index >= 15 is 0 Å². The van der Waals surface area contributed by atoms with Crippen molar-refractivity contribution in [3.05, 3.63) is 283 Å². The van der Waals surface area contributed by atoms with Gasteiger partial charge in [-0.3, -0.25) is 0 Å². The number of benzene rings is 8. The zero-order valence-electron chi connectivity index (χ0n) is 52.5. The summed E-state index contributed by atoms with van der Waals surface area (Å²) < 4.78 is 252. The number of halogens is 18. The molecule has 8 rings (SSSR count). The molecule has 0 unspecified atom stereocenters. The van der Waals surface area contributed by atoms with Crippen LogP contribution in [0.5, 0.6) is 0 Å². The number of alkyl halides is 18. The van der Waals surface area contributed by atoms with Crippen LogP contribution in [0, 0.1) is 55.4 Å². The summed E-state index contributed by atoms with van der Waals surface area (Å²) in [6, 6.07) is 48.4. The van der Waals surface area contributed by atoms with Gasteiger partial charge in [0.2, 0.25) is 5.41 Å². The lowest BCUT2D eigenvalue weighted by Crippen LogP contribution is -2.69. The van der Waals surface area contributed by atoms with Crippen LogP contribution in [0.3, 0.4) is 0 Å². The van der Waals surface area contributed by atoms with E-state index < -0.39 is 75.6 Å². The summed E-state index contributed by atoms with van der Waals surface area (Å²) in [6.45, 7) is 18.5. The van der Waals surface area contributed by atoms with Crippen LogP contribution in [0.1, 0.15) is 129 Å². The van der Waals surface area contributed by atoms with E-state index in [0.29, 0.717) is 23.3 Å². The fraction of sp³-hybridized carbons (Fsp3) is 0.351. The van der Waals surface area contributed by atoms with Crippen LogP contribution in [0.15, 0.2) is 194 Å². The third kappa shape index (κ3) is 16.8. The maximum atomic E-state index is 14.2. The molecule has 496 valence electrons. The SMILES string of the molecule is Cc1ccc(C(C)(C)c2ccc(C)cc2)cc1.Cc1ccc(C(c2ccc(C)cc2)(C(F)(F)F)C(F)(F)F)cc1.Cc1cccc(C(F)(F)C(F)(F)C(F)(F)C(F)(F)C(F)(F)C(F)(F)c2cccc(C)c2)c1.Cc1cccc(CCCCCCc2cccc(C)c2)c1. The van der Waals surface area contributed by atoms with Crippen LogP contribution in [0.2, 0.25) is 0 Å². The lowest BCUT2D eigenvalue weighted by atomic mass is 9.72. The van der Waals surface area contributed by atoms with Crippen molar-refractivity contribution in [1.29, 1.82) is 0 Å². The smallest absolute Gasteiger partial charge is 0.194 e. The highest BCUT2D eigenvalue weighted by Gasteiger charge is 2.90. The zero-order chi connectivity index (χ0) is 69.1. The second-order valence-electron chi connectivity index (χ2n) is 23.9. The Morgan fingerprint density at radius 1 is 0.239 bits per heavy atom. The highest BCUT2D eigenvalue weighted by molar-refractivity contribution is 5.46. The molecule has 8 aromatic carbocycles. The van der Waals surface area contributed by atoms with Crippen LogP contribution in [-0.4, -0.2) is 36.0 Å². The Morgan fingerprint density at radius 3 is 0.739 bits per heavy atom. The van der Waals surface area contributed by atoms with Crippen molar-refractivity contribution in [3.8, 4) is 0 Å². The lowest BCUT2D eigenvalue weighted by molar-refractivity contribution is -0.429. The van der Waals surface area contributed by atoms with Gasteiger partial charge in [-0.15, -0.1) is 0 Å². The first-order chi connectivity index (χ1) is 42.5. The molecule has 0 saturated carbocycles. The highest BCUT2D eigenvalue weighted by Crippen LogP contribution is 2.64. The fourth-order valence-corrected chi connectivity index (χ4v) is 10.3. The van der Waals surface area contributed by atoms with Gasteiger partial charge >= 0.3 is 47.9 Å². The van der Waals surface area contributed by atoms with Crippen molar-refractivity contribution in [2.75, 3.05) is 0 Å². The molecule has 0 atom stereocenters. The molecule has 0 radical (unpaired) electrons. The first kappa shape index (κ1) is 75.2. The van der Waals surface area contributed by atoms with Crippen LogP contribution in [0.25, 0.3) is 0 Å². The van der Waals surface area contributed by atoms with Crippen LogP contribution in [0.4, 0.5) is 79.0 Å². The number of hydrogen-bond acceptors (Lipinski definition) is 0. The predicted molar refractivity (Wildman–Crippen MR) is 328 cm³/mol. The van der Waals surface area contributed by atoms with E-state index in [1.807, 2.05) is 0 Å². The topological polar surface area (TPSA) is 0 Å². The Labute approximate surface area is 526 Å². The molecule has 0 fully saturated rings. The Kier molecular flexibility index (Phi) is 24.2. The highest BCUT2D eigenvalue weighted by atomic mass is 19.4. The quantitative estimate of drug-likeness (QED) is 0.0593. The second-order valence-corrected chi connectivity index (χ2v) is 23.9. The van der Waals surface area contributed by atoms with Gasteiger partial charge in [0.05, 0.1) is 0 Å². The average Bonchev–Trinajstić information content (AvgIpc) is 0.711. The lowest BCUT2D eigenvalue weighted by Gasteiger charge is -2.41. The van der Waals surface area contributed by atoms with Gasteiger partial charge in [0.25, 0.3) is 0 Å². The molecule has 0 heterocycles. The van der Waals surface area contributed by atoms with Gasteiger partial charge in [0, 0.05) is 16.5 Å². The third-order valence-corrected chi connectivity index (χ3v) is 15.9. The van der Waals surface area contributed by atoms with Crippen molar-refractivity contribution in [2.24, 2.45) is 0 Å². The average molecular weight is 1310 g/mol. The summed E-state index contributed by atoms with van der Waals surface area (Å²) in [7, 11) is 0. The van der Waals surface area contributed by atoms with Gasteiger partial charge in [-0.2, -0.15) is 79.0 Å². The summed E-state index contributed by atoms with van der Waals surface area (Å²) >= 11 is 0. The molecule has 0 amide bonds. The van der Waals surface area contributed by atoms with Crippen molar-refractivity contribution in [3.63, 3.8) is 0 Å². The Balaban J connectivity index is 0.000000229. The molecule has 0 N–H and O–H groups in total. The minimum Gasteiger partial charge on any atom is -0.194 e. The van der Waals surface area contributed by atoms with Gasteiger partial charge in [0.1, 0.15) is 0 Å². The maximum absolute atomic E-state index is 14.2. The number of hydrogen-bond donors (Lipinski definition) is 0. The van der Waals surface area contributed by atoms with Gasteiger partial charge in [-0.25, -0.2) is 0 Å². The van der Waals surface area contributed by atoms with Crippen molar-refractivity contribution in [1.82, 2.24) is 0 Å². The molecule has 0 aromatic heterocycles. The molecule has 8 aromatic rings. The van der Waals surface area contributed by atoms with Crippen molar-refractivity contribution in [2.45, 2.75) is 166 Å². The largest absolute Gasteiger partial charge is 0.411 e. The second kappa shape index (κ2) is 29.6. The molecule has 0 saturated heterocycles. The molecule has 92 heavy (non-hydrogen) atoms. The van der Waals surface area contributed by atoms with Crippen molar-refractivity contribution < 1.29 is 79.0 Å². The standard InChI is InChI=1S/C20H14F12.C20H26.C17H14F6.C17H20/c1-11-5-3-7-13(9-11)15(21,22)17(25,26)19(29,30)20(31,32)18(27,28)16(23,24)14-8-4-6-12(2)10-14;1-17-9-7-13-19(15-17)11-5-3-4-6-12-20-14-8-10-18(2)16-20;1-11-3-7-13(8-4-11)15(16(18,19)20,17(21,22)23)14-9-5-12(2)6-10-14;1-13-5-9-15(10-6-13)17(3,4)16-11-7-14(2)8-12-16/h3-10H,1-2H3;7-10,13-16H,3-6,11-12H2,1-2H3;3-10H,1-2H3;5-12H,1-4H3. The molecular weight excluding hydrogens is 1230 g/mol. The fourth-order valence-electron chi connectivity index (χ4n) is 10.3. The molecule has 0 aliphatic rings. The summed E-state index contributed by atoms with van der Waals surface area (Å²) in [5.41, 5.74) is 2.44. The number of aryl methyl sites for hydroxylation is 10. The maximum Gasteiger partial charge on any atom is 0.411 e.